The predicted molar refractivity (Wildman–Crippen MR) is 92.6 cm³/mol. The van der Waals surface area contributed by atoms with Crippen LogP contribution in [0.15, 0.2) is 24.3 Å². The van der Waals surface area contributed by atoms with Crippen LogP contribution in [-0.4, -0.2) is 29.1 Å². The van der Waals surface area contributed by atoms with Gasteiger partial charge in [-0.3, -0.25) is 9.59 Å². The number of benzene rings is 1. The summed E-state index contributed by atoms with van der Waals surface area (Å²) in [5.74, 6) is -0.965. The van der Waals surface area contributed by atoms with Crippen LogP contribution in [0.25, 0.3) is 0 Å². The van der Waals surface area contributed by atoms with Gasteiger partial charge in [-0.15, -0.1) is 0 Å². The first-order valence-electron chi connectivity index (χ1n) is 8.34. The van der Waals surface area contributed by atoms with E-state index in [-0.39, 0.29) is 18.4 Å². The molecule has 0 heterocycles. The molecule has 5 nitrogen and oxygen atoms in total. The maximum Gasteiger partial charge on any atom is 0.320 e. The maximum absolute atomic E-state index is 12.2. The minimum Gasteiger partial charge on any atom is -0.480 e. The first kappa shape index (κ1) is 19.2. The van der Waals surface area contributed by atoms with Crippen molar-refractivity contribution in [3.05, 3.63) is 29.8 Å². The fraction of sp³-hybridized carbons (Fsp3) is 0.556. The van der Waals surface area contributed by atoms with Crippen molar-refractivity contribution in [1.29, 1.82) is 0 Å². The van der Waals surface area contributed by atoms with Crippen LogP contribution in [0.3, 0.4) is 0 Å². The molecule has 1 aromatic rings. The quantitative estimate of drug-likeness (QED) is 0.618. The third-order valence-electron chi connectivity index (χ3n) is 3.79. The van der Waals surface area contributed by atoms with Crippen molar-refractivity contribution in [1.82, 2.24) is 5.32 Å². The Morgan fingerprint density at radius 3 is 2.52 bits per heavy atom. The summed E-state index contributed by atoms with van der Waals surface area (Å²) >= 11 is 0. The molecule has 1 unspecified atom stereocenters. The molecule has 0 aromatic heterocycles. The number of aliphatic carboxylic acids is 1. The van der Waals surface area contributed by atoms with E-state index in [2.05, 4.69) is 10.6 Å². The third-order valence-corrected chi connectivity index (χ3v) is 3.79. The lowest BCUT2D eigenvalue weighted by atomic mass is 10.1. The predicted octanol–water partition coefficient (Wildman–Crippen LogP) is 3.20. The number of carboxylic acid groups (broad SMARTS) is 1. The molecule has 0 saturated carbocycles. The van der Waals surface area contributed by atoms with Gasteiger partial charge in [-0.2, -0.15) is 0 Å². The second-order valence-electron chi connectivity index (χ2n) is 5.86. The van der Waals surface area contributed by atoms with Crippen molar-refractivity contribution in [3.63, 3.8) is 0 Å². The average Bonchev–Trinajstić information content (AvgIpc) is 2.51. The number of anilines is 1. The van der Waals surface area contributed by atoms with Crippen LogP contribution < -0.4 is 10.6 Å². The molecule has 2 atom stereocenters. The van der Waals surface area contributed by atoms with E-state index in [4.69, 9.17) is 0 Å². The molecule has 128 valence electrons. The second-order valence-corrected chi connectivity index (χ2v) is 5.86. The van der Waals surface area contributed by atoms with E-state index in [9.17, 15) is 14.7 Å². The summed E-state index contributed by atoms with van der Waals surface area (Å²) in [7, 11) is 0. The van der Waals surface area contributed by atoms with Gasteiger partial charge in [-0.25, -0.2) is 0 Å². The highest BCUT2D eigenvalue weighted by atomic mass is 16.4. The Morgan fingerprint density at radius 1 is 1.22 bits per heavy atom. The fourth-order valence-corrected chi connectivity index (χ4v) is 2.52. The number of para-hydroxylation sites is 1. The van der Waals surface area contributed by atoms with Crippen LogP contribution in [0.1, 0.15) is 52.0 Å². The highest BCUT2D eigenvalue weighted by molar-refractivity contribution is 5.91. The largest absolute Gasteiger partial charge is 0.480 e. The van der Waals surface area contributed by atoms with Gasteiger partial charge in [0.05, 0.1) is 0 Å². The molecule has 3 N–H and O–H groups in total. The minimum atomic E-state index is -0.859. The Morgan fingerprint density at radius 2 is 1.91 bits per heavy atom. The van der Waals surface area contributed by atoms with E-state index in [0.717, 1.165) is 30.5 Å². The number of nitrogens with one attached hydrogen (secondary N) is 2. The summed E-state index contributed by atoms with van der Waals surface area (Å²) in [6, 6.07) is 6.92. The first-order valence-corrected chi connectivity index (χ1v) is 8.34. The molecule has 1 rings (SSSR count). The third kappa shape index (κ3) is 6.82. The highest BCUT2D eigenvalue weighted by Crippen LogP contribution is 2.16. The van der Waals surface area contributed by atoms with E-state index in [1.54, 1.807) is 0 Å². The summed E-state index contributed by atoms with van der Waals surface area (Å²) in [5.41, 5.74) is 1.92. The molecule has 0 saturated heterocycles. The van der Waals surface area contributed by atoms with Crippen molar-refractivity contribution in [2.75, 3.05) is 5.32 Å². The van der Waals surface area contributed by atoms with E-state index in [1.807, 2.05) is 45.0 Å². The monoisotopic (exact) mass is 320 g/mol. The lowest BCUT2D eigenvalue weighted by Gasteiger charge is -2.20. The Labute approximate surface area is 138 Å². The number of aryl methyl sites for hydroxylation is 1. The van der Waals surface area contributed by atoms with E-state index in [0.29, 0.717) is 6.42 Å². The molecule has 23 heavy (non-hydrogen) atoms. The van der Waals surface area contributed by atoms with Crippen LogP contribution >= 0.6 is 0 Å². The van der Waals surface area contributed by atoms with Gasteiger partial charge in [0, 0.05) is 18.2 Å². The first-order chi connectivity index (χ1) is 11.0. The van der Waals surface area contributed by atoms with Gasteiger partial charge >= 0.3 is 5.97 Å². The molecule has 5 heteroatoms. The fourth-order valence-electron chi connectivity index (χ4n) is 2.52. The van der Waals surface area contributed by atoms with Crippen LogP contribution in [-0.2, 0) is 16.0 Å². The van der Waals surface area contributed by atoms with Gasteiger partial charge in [-0.1, -0.05) is 44.9 Å². The number of carbonyl (C=O) groups is 2. The summed E-state index contributed by atoms with van der Waals surface area (Å²) in [5, 5.41) is 15.2. The van der Waals surface area contributed by atoms with Gasteiger partial charge < -0.3 is 15.7 Å². The summed E-state index contributed by atoms with van der Waals surface area (Å²) < 4.78 is 0. The second kappa shape index (κ2) is 10.0. The molecule has 0 aliphatic heterocycles. The van der Waals surface area contributed by atoms with E-state index < -0.39 is 12.0 Å². The van der Waals surface area contributed by atoms with Gasteiger partial charge in [0.15, 0.2) is 0 Å². The van der Waals surface area contributed by atoms with Crippen molar-refractivity contribution in [2.24, 2.45) is 0 Å². The van der Waals surface area contributed by atoms with Crippen LogP contribution in [0, 0.1) is 0 Å². The number of hydrogen-bond donors (Lipinski definition) is 3. The van der Waals surface area contributed by atoms with E-state index in [1.165, 1.54) is 0 Å². The van der Waals surface area contributed by atoms with Crippen molar-refractivity contribution >= 4 is 17.6 Å². The lowest BCUT2D eigenvalue weighted by molar-refractivity contribution is -0.140. The summed E-state index contributed by atoms with van der Waals surface area (Å²) in [4.78, 5) is 23.4. The molecule has 0 radical (unpaired) electrons. The van der Waals surface area contributed by atoms with Crippen molar-refractivity contribution in [2.45, 2.75) is 65.0 Å². The van der Waals surface area contributed by atoms with Gasteiger partial charge in [-0.05, 0) is 31.4 Å². The smallest absolute Gasteiger partial charge is 0.320 e. The molecule has 1 amide bonds. The number of amides is 1. The molecular formula is C18H28N2O3. The van der Waals surface area contributed by atoms with Gasteiger partial charge in [0.2, 0.25) is 5.91 Å². The van der Waals surface area contributed by atoms with Gasteiger partial charge in [0.1, 0.15) is 6.04 Å². The number of unbranched alkanes of at least 4 members (excludes halogenated alkanes) is 1. The molecule has 1 aromatic carbocycles. The zero-order valence-electron chi connectivity index (χ0n) is 14.3. The molecule has 0 aliphatic carbocycles. The number of carboxylic acids is 1. The highest BCUT2D eigenvalue weighted by Gasteiger charge is 2.20. The minimum absolute atomic E-state index is 0.106. The zero-order valence-corrected chi connectivity index (χ0v) is 14.3. The Kier molecular flexibility index (Phi) is 8.33. The molecular weight excluding hydrogens is 292 g/mol. The topological polar surface area (TPSA) is 78.4 Å². The standard InChI is InChI=1S/C18H28N2O3/c1-4-6-10-16(18(22)23)19-13(3)12-17(21)20-15-11-8-7-9-14(15)5-2/h7-9,11,13,16,19H,4-6,10,12H2,1-3H3,(H,20,21)(H,22,23)/t13?,16-/m0/s1. The lowest BCUT2D eigenvalue weighted by Crippen LogP contribution is -2.43. The normalized spacial score (nSPS) is 13.3. The van der Waals surface area contributed by atoms with Gasteiger partial charge in [0.25, 0.3) is 0 Å². The maximum atomic E-state index is 12.2. The SMILES string of the molecule is CCCC[C@H](NC(C)CC(=O)Nc1ccccc1CC)C(=O)O. The average molecular weight is 320 g/mol. The molecule has 0 bridgehead atoms. The van der Waals surface area contributed by atoms with Crippen LogP contribution in [0.2, 0.25) is 0 Å². The summed E-state index contributed by atoms with van der Waals surface area (Å²) in [6.45, 7) is 5.91. The van der Waals surface area contributed by atoms with Crippen LogP contribution in [0.5, 0.6) is 0 Å². The number of carbonyl (C=O) groups excluding carboxylic acids is 1. The molecule has 0 fully saturated rings. The number of hydrogen-bond acceptors (Lipinski definition) is 3. The van der Waals surface area contributed by atoms with Crippen molar-refractivity contribution < 1.29 is 14.7 Å². The summed E-state index contributed by atoms with van der Waals surface area (Å²) in [6.07, 6.45) is 3.48. The Balaban J connectivity index is 2.53. The van der Waals surface area contributed by atoms with Crippen LogP contribution in [0.4, 0.5) is 5.69 Å². The molecule has 0 aliphatic rings. The van der Waals surface area contributed by atoms with E-state index >= 15 is 0 Å². The number of rotatable bonds is 10. The Bertz CT molecular complexity index is 517. The van der Waals surface area contributed by atoms with Crippen molar-refractivity contribution in [3.8, 4) is 0 Å². The Hall–Kier alpha value is -1.88. The zero-order chi connectivity index (χ0) is 17.2. The molecule has 0 spiro atoms.